The van der Waals surface area contributed by atoms with Crippen molar-refractivity contribution in [2.45, 2.75) is 6.92 Å². The third kappa shape index (κ3) is 1.73. The molecule has 4 heteroatoms. The molecule has 4 rings (SSSR count). The van der Waals surface area contributed by atoms with Crippen LogP contribution in [0.5, 0.6) is 0 Å². The van der Waals surface area contributed by atoms with Crippen LogP contribution in [0.3, 0.4) is 0 Å². The molecule has 0 aromatic heterocycles. The Kier molecular flexibility index (Phi) is 2.57. The maximum Gasteiger partial charge on any atom is 0.159 e. The van der Waals surface area contributed by atoms with Crippen LogP contribution >= 0.6 is 0 Å². The van der Waals surface area contributed by atoms with Crippen molar-refractivity contribution in [2.75, 3.05) is 0 Å². The Morgan fingerprint density at radius 2 is 1.95 bits per heavy atom. The van der Waals surface area contributed by atoms with Crippen LogP contribution in [0.15, 0.2) is 42.5 Å². The highest BCUT2D eigenvalue weighted by atomic mass is 19.1. The molecule has 22 heavy (non-hydrogen) atoms. The monoisotopic (exact) mass is 292 g/mol. The first-order chi connectivity index (χ1) is 10.5. The van der Waals surface area contributed by atoms with Crippen LogP contribution < -0.4 is 0 Å². The Morgan fingerprint density at radius 1 is 1.14 bits per heavy atom. The van der Waals surface area contributed by atoms with E-state index in [1.807, 2.05) is 35.9 Å². The fraction of sp³-hybridized carbons (Fsp3) is 0.111. The van der Waals surface area contributed by atoms with Gasteiger partial charge in [0.1, 0.15) is 11.6 Å². The highest BCUT2D eigenvalue weighted by Gasteiger charge is 2.17. The van der Waals surface area contributed by atoms with Gasteiger partial charge in [-0.2, -0.15) is 0 Å². The molecule has 2 aromatic rings. The van der Waals surface area contributed by atoms with Gasteiger partial charge in [0.15, 0.2) is 5.78 Å². The van der Waals surface area contributed by atoms with Gasteiger partial charge in [0, 0.05) is 29.1 Å². The zero-order chi connectivity index (χ0) is 15.4. The topological polar surface area (TPSA) is 34.9 Å². The van der Waals surface area contributed by atoms with Crippen molar-refractivity contribution in [2.24, 2.45) is 7.05 Å². The fourth-order valence-electron chi connectivity index (χ4n) is 2.98. The predicted octanol–water partition coefficient (Wildman–Crippen LogP) is 4.17. The second-order valence-corrected chi connectivity index (χ2v) is 5.54. The molecule has 3 nitrogen and oxygen atoms in total. The number of nitrogens with zero attached hydrogens (tertiary/aromatic N) is 2. The number of benzene rings is 2. The summed E-state index contributed by atoms with van der Waals surface area (Å²) in [6.07, 6.45) is 0. The van der Waals surface area contributed by atoms with Gasteiger partial charge in [0.05, 0.1) is 5.52 Å². The lowest BCUT2D eigenvalue weighted by Crippen LogP contribution is -2.01. The summed E-state index contributed by atoms with van der Waals surface area (Å²) in [5.41, 5.74) is 3.32. The standard InChI is InChI=1S/C18H13FN2O/c1-10(22)11-3-6-17-12(7-11)8-15-14-9-13(19)4-5-16(14)20-18(15)21(17)2/h3-9H,1-2H3. The number of fused-ring (bicyclic) bond motifs is 4. The van der Waals surface area contributed by atoms with Gasteiger partial charge >= 0.3 is 0 Å². The highest BCUT2D eigenvalue weighted by molar-refractivity contribution is 6.03. The molecule has 0 unspecified atom stereocenters. The summed E-state index contributed by atoms with van der Waals surface area (Å²) in [7, 11) is 1.93. The van der Waals surface area contributed by atoms with E-state index in [0.717, 1.165) is 33.2 Å². The predicted molar refractivity (Wildman–Crippen MR) is 84.8 cm³/mol. The first-order valence-corrected chi connectivity index (χ1v) is 7.04. The van der Waals surface area contributed by atoms with Crippen molar-refractivity contribution in [3.05, 3.63) is 53.8 Å². The van der Waals surface area contributed by atoms with E-state index in [9.17, 15) is 9.18 Å². The lowest BCUT2D eigenvalue weighted by Gasteiger charge is -2.12. The SMILES string of the molecule is CC(=O)c1ccc2c(c1)cc1c3cc(F)ccc3nc-1n2C. The summed E-state index contributed by atoms with van der Waals surface area (Å²) >= 11 is 0. The average molecular weight is 292 g/mol. The first kappa shape index (κ1) is 13.0. The Hall–Kier alpha value is -2.75. The van der Waals surface area contributed by atoms with Crippen molar-refractivity contribution >= 4 is 27.6 Å². The molecule has 0 atom stereocenters. The van der Waals surface area contributed by atoms with Crippen molar-refractivity contribution in [3.8, 4) is 11.4 Å². The third-order valence-electron chi connectivity index (χ3n) is 4.13. The van der Waals surface area contributed by atoms with E-state index in [0.29, 0.717) is 5.56 Å². The largest absolute Gasteiger partial charge is 0.328 e. The molecule has 0 spiro atoms. The molecule has 0 saturated carbocycles. The Morgan fingerprint density at radius 3 is 2.73 bits per heavy atom. The van der Waals surface area contributed by atoms with Gasteiger partial charge in [-0.1, -0.05) is 0 Å². The summed E-state index contributed by atoms with van der Waals surface area (Å²) in [5, 5.41) is 1.74. The molecule has 108 valence electrons. The number of pyridine rings is 1. The number of carbonyl (C=O) groups is 1. The number of aromatic nitrogens is 2. The van der Waals surface area contributed by atoms with Gasteiger partial charge in [0.25, 0.3) is 0 Å². The third-order valence-corrected chi connectivity index (χ3v) is 4.13. The van der Waals surface area contributed by atoms with Crippen LogP contribution in [0.25, 0.3) is 33.2 Å². The van der Waals surface area contributed by atoms with E-state index in [1.54, 1.807) is 13.0 Å². The van der Waals surface area contributed by atoms with Gasteiger partial charge in [-0.15, -0.1) is 0 Å². The molecule has 2 aliphatic rings. The van der Waals surface area contributed by atoms with Crippen molar-refractivity contribution < 1.29 is 9.18 Å². The van der Waals surface area contributed by atoms with Crippen LogP contribution in [-0.4, -0.2) is 15.3 Å². The van der Waals surface area contributed by atoms with E-state index in [1.165, 1.54) is 12.1 Å². The number of ketones is 1. The lowest BCUT2D eigenvalue weighted by atomic mass is 10.0. The van der Waals surface area contributed by atoms with Gasteiger partial charge in [0.2, 0.25) is 0 Å². The van der Waals surface area contributed by atoms with Crippen LogP contribution in [-0.2, 0) is 7.05 Å². The van der Waals surface area contributed by atoms with E-state index in [2.05, 4.69) is 4.98 Å². The minimum Gasteiger partial charge on any atom is -0.328 e. The molecule has 0 N–H and O–H groups in total. The molecule has 0 fully saturated rings. The summed E-state index contributed by atoms with van der Waals surface area (Å²) in [6, 6.07) is 12.2. The van der Waals surface area contributed by atoms with Crippen LogP contribution in [0.4, 0.5) is 4.39 Å². The summed E-state index contributed by atoms with van der Waals surface area (Å²) in [4.78, 5) is 16.2. The number of aryl methyl sites for hydroxylation is 1. The van der Waals surface area contributed by atoms with Crippen molar-refractivity contribution in [1.82, 2.24) is 9.55 Å². The Bertz CT molecular complexity index is 1030. The second kappa shape index (κ2) is 4.37. The zero-order valence-electron chi connectivity index (χ0n) is 12.2. The quantitative estimate of drug-likeness (QED) is 0.493. The number of rotatable bonds is 1. The first-order valence-electron chi connectivity index (χ1n) is 7.04. The maximum absolute atomic E-state index is 13.5. The number of Topliss-reactive ketones (excluding diaryl/α,β-unsaturated/α-hetero) is 1. The Labute approximate surface area is 126 Å². The average Bonchev–Trinajstić information content (AvgIpc) is 2.85. The molecule has 2 aromatic carbocycles. The van der Waals surface area contributed by atoms with E-state index >= 15 is 0 Å². The molecular weight excluding hydrogens is 279 g/mol. The molecule has 2 heterocycles. The van der Waals surface area contributed by atoms with Crippen molar-refractivity contribution in [3.63, 3.8) is 0 Å². The lowest BCUT2D eigenvalue weighted by molar-refractivity contribution is 0.101. The summed E-state index contributed by atoms with van der Waals surface area (Å²) < 4.78 is 15.5. The summed E-state index contributed by atoms with van der Waals surface area (Å²) in [6.45, 7) is 1.55. The molecule has 0 bridgehead atoms. The minimum atomic E-state index is -0.276. The molecule has 2 aliphatic heterocycles. The zero-order valence-corrected chi connectivity index (χ0v) is 12.2. The van der Waals surface area contributed by atoms with Gasteiger partial charge in [-0.25, -0.2) is 9.37 Å². The molecule has 0 radical (unpaired) electrons. The summed E-state index contributed by atoms with van der Waals surface area (Å²) in [5.74, 6) is 0.562. The molecule has 0 saturated heterocycles. The van der Waals surface area contributed by atoms with E-state index < -0.39 is 0 Å². The molecular formula is C18H13FN2O. The van der Waals surface area contributed by atoms with Gasteiger partial charge < -0.3 is 4.57 Å². The Balaban J connectivity index is 2.16. The second-order valence-electron chi connectivity index (χ2n) is 5.54. The van der Waals surface area contributed by atoms with E-state index in [4.69, 9.17) is 0 Å². The van der Waals surface area contributed by atoms with Crippen molar-refractivity contribution in [1.29, 1.82) is 0 Å². The highest BCUT2D eigenvalue weighted by Crippen LogP contribution is 2.34. The van der Waals surface area contributed by atoms with Crippen LogP contribution in [0.2, 0.25) is 0 Å². The molecule has 0 amide bonds. The minimum absolute atomic E-state index is 0.0289. The van der Waals surface area contributed by atoms with Gasteiger partial charge in [-0.05, 0) is 54.8 Å². The van der Waals surface area contributed by atoms with E-state index in [-0.39, 0.29) is 11.6 Å². The number of hydrogen-bond donors (Lipinski definition) is 0. The number of hydrogen-bond acceptors (Lipinski definition) is 2. The normalized spacial score (nSPS) is 11.6. The van der Waals surface area contributed by atoms with Gasteiger partial charge in [-0.3, -0.25) is 4.79 Å². The number of halogens is 1. The van der Waals surface area contributed by atoms with Crippen LogP contribution in [0, 0.1) is 5.82 Å². The van der Waals surface area contributed by atoms with Crippen LogP contribution in [0.1, 0.15) is 17.3 Å². The fourth-order valence-corrected chi connectivity index (χ4v) is 2.98. The molecule has 0 aliphatic carbocycles. The number of carbonyl (C=O) groups excluding carboxylic acids is 1. The maximum atomic E-state index is 13.5. The smallest absolute Gasteiger partial charge is 0.159 e.